The van der Waals surface area contributed by atoms with Crippen LogP contribution in [-0.2, 0) is 9.59 Å². The van der Waals surface area contributed by atoms with E-state index in [1.165, 1.54) is 0 Å². The second-order valence-electron chi connectivity index (χ2n) is 5.15. The molecule has 1 aliphatic heterocycles. The van der Waals surface area contributed by atoms with E-state index in [0.717, 1.165) is 4.47 Å². The molecule has 0 aliphatic carbocycles. The molecule has 1 aromatic carbocycles. The molecule has 9 heteroatoms. The fraction of sp³-hybridized carbons (Fsp3) is 0.357. The highest BCUT2D eigenvalue weighted by Crippen LogP contribution is 2.28. The van der Waals surface area contributed by atoms with Gasteiger partial charge < -0.3 is 10.1 Å². The zero-order chi connectivity index (χ0) is 17.2. The monoisotopic (exact) mass is 447 g/mol. The smallest absolute Gasteiger partial charge is 0.344 e. The summed E-state index contributed by atoms with van der Waals surface area (Å²) in [5, 5.41) is 3.23. The second kappa shape index (κ2) is 6.88. The third kappa shape index (κ3) is 3.84. The molecule has 124 valence electrons. The van der Waals surface area contributed by atoms with Crippen LogP contribution in [0.1, 0.15) is 20.3 Å². The topological polar surface area (TPSA) is 87.7 Å². The van der Waals surface area contributed by atoms with Crippen LogP contribution in [-0.4, -0.2) is 35.0 Å². The first-order valence-electron chi connectivity index (χ1n) is 6.81. The molecule has 1 fully saturated rings. The average Bonchev–Trinajstić information content (AvgIpc) is 2.70. The van der Waals surface area contributed by atoms with Crippen molar-refractivity contribution in [2.24, 2.45) is 0 Å². The van der Waals surface area contributed by atoms with Crippen molar-refractivity contribution >= 4 is 49.7 Å². The van der Waals surface area contributed by atoms with Crippen LogP contribution in [0.2, 0.25) is 0 Å². The SMILES string of the molecule is CC[C@]1(C)NC(=O)N(NC(=O)COc2ccc(Br)cc2Br)C1=O. The van der Waals surface area contributed by atoms with Gasteiger partial charge in [0.05, 0.1) is 4.47 Å². The Hall–Kier alpha value is -1.61. The minimum absolute atomic E-state index is 0.333. The first-order chi connectivity index (χ1) is 10.8. The van der Waals surface area contributed by atoms with Crippen LogP contribution in [0.5, 0.6) is 5.75 Å². The van der Waals surface area contributed by atoms with E-state index in [2.05, 4.69) is 42.6 Å². The largest absolute Gasteiger partial charge is 0.483 e. The van der Waals surface area contributed by atoms with Crippen LogP contribution >= 0.6 is 31.9 Å². The van der Waals surface area contributed by atoms with Gasteiger partial charge in [0.25, 0.3) is 11.8 Å². The molecule has 23 heavy (non-hydrogen) atoms. The lowest BCUT2D eigenvalue weighted by atomic mass is 10.00. The number of imide groups is 1. The minimum Gasteiger partial charge on any atom is -0.483 e. The molecule has 1 saturated heterocycles. The van der Waals surface area contributed by atoms with E-state index < -0.39 is 23.4 Å². The number of amides is 4. The number of urea groups is 1. The van der Waals surface area contributed by atoms with Crippen molar-refractivity contribution < 1.29 is 19.1 Å². The molecular weight excluding hydrogens is 434 g/mol. The Morgan fingerprint density at radius 1 is 1.39 bits per heavy atom. The Kier molecular flexibility index (Phi) is 5.30. The lowest BCUT2D eigenvalue weighted by Gasteiger charge is -2.19. The molecule has 1 aromatic rings. The first kappa shape index (κ1) is 17.7. The molecule has 1 heterocycles. The van der Waals surface area contributed by atoms with Crippen LogP contribution in [0.15, 0.2) is 27.1 Å². The van der Waals surface area contributed by atoms with E-state index in [0.29, 0.717) is 21.7 Å². The summed E-state index contributed by atoms with van der Waals surface area (Å²) in [4.78, 5) is 35.8. The van der Waals surface area contributed by atoms with Gasteiger partial charge in [0.1, 0.15) is 11.3 Å². The quantitative estimate of drug-likeness (QED) is 0.676. The van der Waals surface area contributed by atoms with E-state index >= 15 is 0 Å². The summed E-state index contributed by atoms with van der Waals surface area (Å²) < 4.78 is 6.90. The Bertz CT molecular complexity index is 667. The summed E-state index contributed by atoms with van der Waals surface area (Å²) in [6.45, 7) is 3.05. The fourth-order valence-electron chi connectivity index (χ4n) is 1.92. The molecular formula is C14H15Br2N3O4. The molecule has 1 aliphatic rings. The van der Waals surface area contributed by atoms with E-state index in [-0.39, 0.29) is 6.61 Å². The molecule has 0 saturated carbocycles. The third-order valence-corrected chi connectivity index (χ3v) is 4.57. The van der Waals surface area contributed by atoms with Gasteiger partial charge in [-0.05, 0) is 47.5 Å². The summed E-state index contributed by atoms with van der Waals surface area (Å²) >= 11 is 6.63. The van der Waals surface area contributed by atoms with Gasteiger partial charge >= 0.3 is 6.03 Å². The molecule has 2 N–H and O–H groups in total. The summed E-state index contributed by atoms with van der Waals surface area (Å²) in [7, 11) is 0. The van der Waals surface area contributed by atoms with Gasteiger partial charge in [-0.15, -0.1) is 0 Å². The van der Waals surface area contributed by atoms with Crippen molar-refractivity contribution in [2.45, 2.75) is 25.8 Å². The maximum atomic E-state index is 12.1. The normalized spacial score (nSPS) is 20.4. The number of hydrogen-bond acceptors (Lipinski definition) is 4. The average molecular weight is 449 g/mol. The fourth-order valence-corrected chi connectivity index (χ4v) is 3.08. The van der Waals surface area contributed by atoms with Crippen molar-refractivity contribution in [3.05, 3.63) is 27.1 Å². The van der Waals surface area contributed by atoms with Crippen molar-refractivity contribution in [3.8, 4) is 5.75 Å². The van der Waals surface area contributed by atoms with Gasteiger partial charge in [-0.3, -0.25) is 15.0 Å². The molecule has 1 atom stereocenters. The molecule has 4 amide bonds. The number of carbonyl (C=O) groups is 3. The number of hydrazine groups is 1. The number of halogens is 2. The van der Waals surface area contributed by atoms with E-state index in [1.54, 1.807) is 32.0 Å². The summed E-state index contributed by atoms with van der Waals surface area (Å²) in [5.41, 5.74) is 1.25. The highest BCUT2D eigenvalue weighted by atomic mass is 79.9. The zero-order valence-electron chi connectivity index (χ0n) is 12.5. The van der Waals surface area contributed by atoms with Gasteiger partial charge in [-0.25, -0.2) is 4.79 Å². The summed E-state index contributed by atoms with van der Waals surface area (Å²) in [6, 6.07) is 4.57. The van der Waals surface area contributed by atoms with Crippen LogP contribution in [0.4, 0.5) is 4.79 Å². The number of benzene rings is 1. The highest BCUT2D eigenvalue weighted by molar-refractivity contribution is 9.11. The number of hydrogen-bond donors (Lipinski definition) is 2. The van der Waals surface area contributed by atoms with Crippen molar-refractivity contribution in [2.75, 3.05) is 6.61 Å². The number of nitrogens with one attached hydrogen (secondary N) is 2. The van der Waals surface area contributed by atoms with Gasteiger partial charge in [0.15, 0.2) is 6.61 Å². The summed E-state index contributed by atoms with van der Waals surface area (Å²) in [5.74, 6) is -0.634. The van der Waals surface area contributed by atoms with Crippen LogP contribution < -0.4 is 15.5 Å². The van der Waals surface area contributed by atoms with Crippen LogP contribution in [0.3, 0.4) is 0 Å². The van der Waals surface area contributed by atoms with Gasteiger partial charge in [0.2, 0.25) is 0 Å². The zero-order valence-corrected chi connectivity index (χ0v) is 15.7. The van der Waals surface area contributed by atoms with Crippen molar-refractivity contribution in [1.82, 2.24) is 15.8 Å². The van der Waals surface area contributed by atoms with E-state index in [9.17, 15) is 14.4 Å². The van der Waals surface area contributed by atoms with Crippen LogP contribution in [0, 0.1) is 0 Å². The Morgan fingerprint density at radius 3 is 2.65 bits per heavy atom. The van der Waals surface area contributed by atoms with E-state index in [1.807, 2.05) is 0 Å². The number of ether oxygens (including phenoxy) is 1. The predicted molar refractivity (Wildman–Crippen MR) is 89.6 cm³/mol. The molecule has 2 rings (SSSR count). The third-order valence-electron chi connectivity index (χ3n) is 3.46. The maximum absolute atomic E-state index is 12.1. The van der Waals surface area contributed by atoms with Gasteiger partial charge in [-0.1, -0.05) is 22.9 Å². The van der Waals surface area contributed by atoms with E-state index in [4.69, 9.17) is 4.74 Å². The number of carbonyl (C=O) groups excluding carboxylic acids is 3. The standard InChI is InChI=1S/C14H15Br2N3O4/c1-3-14(2)12(21)19(13(22)17-14)18-11(20)7-23-10-5-4-8(15)6-9(10)16/h4-6H,3,7H2,1-2H3,(H,17,22)(H,18,20)/t14-/m0/s1. The Morgan fingerprint density at radius 2 is 2.09 bits per heavy atom. The lowest BCUT2D eigenvalue weighted by Crippen LogP contribution is -2.49. The van der Waals surface area contributed by atoms with Gasteiger partial charge in [0, 0.05) is 4.47 Å². The maximum Gasteiger partial charge on any atom is 0.344 e. The molecule has 0 spiro atoms. The number of nitrogens with zero attached hydrogens (tertiary/aromatic N) is 1. The first-order valence-corrected chi connectivity index (χ1v) is 8.39. The second-order valence-corrected chi connectivity index (χ2v) is 6.92. The van der Waals surface area contributed by atoms with Crippen molar-refractivity contribution in [1.29, 1.82) is 0 Å². The predicted octanol–water partition coefficient (Wildman–Crippen LogP) is 2.34. The highest BCUT2D eigenvalue weighted by Gasteiger charge is 2.47. The lowest BCUT2D eigenvalue weighted by molar-refractivity contribution is -0.139. The molecule has 0 radical (unpaired) electrons. The molecule has 0 aromatic heterocycles. The summed E-state index contributed by atoms with van der Waals surface area (Å²) in [6.07, 6.45) is 0.423. The molecule has 0 unspecified atom stereocenters. The number of rotatable bonds is 5. The Labute approximate surface area is 150 Å². The van der Waals surface area contributed by atoms with Crippen molar-refractivity contribution in [3.63, 3.8) is 0 Å². The van der Waals surface area contributed by atoms with Gasteiger partial charge in [-0.2, -0.15) is 5.01 Å². The Balaban J connectivity index is 1.95. The molecule has 0 bridgehead atoms. The molecule has 7 nitrogen and oxygen atoms in total. The van der Waals surface area contributed by atoms with Crippen LogP contribution in [0.25, 0.3) is 0 Å². The minimum atomic E-state index is -1.00.